The van der Waals surface area contributed by atoms with Crippen LogP contribution in [-0.2, 0) is 4.79 Å². The molecule has 5 heteroatoms. The Balaban J connectivity index is 2.08. The maximum atomic E-state index is 12.4. The summed E-state index contributed by atoms with van der Waals surface area (Å²) in [6.07, 6.45) is 6.07. The van der Waals surface area contributed by atoms with E-state index < -0.39 is 5.54 Å². The van der Waals surface area contributed by atoms with Gasteiger partial charge in [-0.1, -0.05) is 25.1 Å². The van der Waals surface area contributed by atoms with E-state index in [2.05, 4.69) is 5.32 Å². The second-order valence-electron chi connectivity index (χ2n) is 5.29. The first-order valence-corrected chi connectivity index (χ1v) is 7.64. The first-order chi connectivity index (χ1) is 7.99. The van der Waals surface area contributed by atoms with Gasteiger partial charge in [-0.05, 0) is 38.4 Å². The third kappa shape index (κ3) is 2.45. The maximum Gasteiger partial charge on any atom is 0.236 e. The summed E-state index contributed by atoms with van der Waals surface area (Å²) in [6.45, 7) is 2.03. The van der Waals surface area contributed by atoms with E-state index in [4.69, 9.17) is 18.0 Å². The summed E-state index contributed by atoms with van der Waals surface area (Å²) in [7, 11) is 0. The zero-order valence-corrected chi connectivity index (χ0v) is 11.9. The molecule has 96 valence electrons. The highest BCUT2D eigenvalue weighted by Crippen LogP contribution is 2.39. The first-order valence-electron chi connectivity index (χ1n) is 6.25. The normalized spacial score (nSPS) is 31.4. The second kappa shape index (κ2) is 4.76. The van der Waals surface area contributed by atoms with Gasteiger partial charge < -0.3 is 11.1 Å². The largest absolute Gasteiger partial charge is 0.391 e. The van der Waals surface area contributed by atoms with Crippen molar-refractivity contribution in [1.29, 1.82) is 0 Å². The third-order valence-corrected chi connectivity index (χ3v) is 5.89. The molecule has 1 heterocycles. The molecule has 1 aliphatic carbocycles. The molecule has 2 rings (SSSR count). The average molecular weight is 272 g/mol. The zero-order valence-electron chi connectivity index (χ0n) is 10.3. The molecule has 3 N–H and O–H groups in total. The van der Waals surface area contributed by atoms with Gasteiger partial charge in [-0.25, -0.2) is 0 Å². The van der Waals surface area contributed by atoms with Gasteiger partial charge in [-0.3, -0.25) is 4.79 Å². The number of carbonyl (C=O) groups excluding carboxylic acids is 1. The summed E-state index contributed by atoms with van der Waals surface area (Å²) >= 11 is 6.90. The Labute approximate surface area is 112 Å². The van der Waals surface area contributed by atoms with E-state index in [1.807, 2.05) is 6.92 Å². The molecular weight excluding hydrogens is 252 g/mol. The molecule has 1 unspecified atom stereocenters. The Hall–Kier alpha value is -0.290. The molecule has 1 atom stereocenters. The fraction of sp³-hybridized carbons (Fsp3) is 0.833. The van der Waals surface area contributed by atoms with Crippen molar-refractivity contribution >= 4 is 34.9 Å². The molecule has 1 amide bonds. The van der Waals surface area contributed by atoms with Crippen molar-refractivity contribution in [2.45, 2.75) is 55.7 Å². The van der Waals surface area contributed by atoms with Crippen LogP contribution in [0.5, 0.6) is 0 Å². The predicted octanol–water partition coefficient (Wildman–Crippen LogP) is 1.99. The van der Waals surface area contributed by atoms with E-state index in [1.54, 1.807) is 11.8 Å². The van der Waals surface area contributed by atoms with Gasteiger partial charge in [0.1, 0.15) is 0 Å². The lowest BCUT2D eigenvalue weighted by atomic mass is 9.95. The summed E-state index contributed by atoms with van der Waals surface area (Å²) in [5, 5.41) is 3.15. The van der Waals surface area contributed by atoms with Gasteiger partial charge in [-0.15, -0.1) is 11.8 Å². The summed E-state index contributed by atoms with van der Waals surface area (Å²) < 4.78 is -0.277. The number of carbonyl (C=O) groups is 1. The van der Waals surface area contributed by atoms with Crippen molar-refractivity contribution in [2.24, 2.45) is 5.73 Å². The molecular formula is C12H20N2OS2. The SMILES string of the molecule is CC1(C(=O)NC2(C(N)=S)CCCC2)CCCS1. The lowest BCUT2D eigenvalue weighted by Crippen LogP contribution is -2.58. The van der Waals surface area contributed by atoms with Gasteiger partial charge in [-0.2, -0.15) is 0 Å². The third-order valence-electron chi connectivity index (χ3n) is 3.98. The number of rotatable bonds is 3. The number of nitrogens with two attached hydrogens (primary N) is 1. The summed E-state index contributed by atoms with van der Waals surface area (Å²) in [5.41, 5.74) is 5.43. The van der Waals surface area contributed by atoms with E-state index in [0.29, 0.717) is 4.99 Å². The molecule has 1 saturated carbocycles. The van der Waals surface area contributed by atoms with Crippen LogP contribution in [0.4, 0.5) is 0 Å². The average Bonchev–Trinajstić information content (AvgIpc) is 2.88. The number of nitrogens with one attached hydrogen (secondary N) is 1. The Morgan fingerprint density at radius 1 is 1.29 bits per heavy atom. The van der Waals surface area contributed by atoms with Gasteiger partial charge in [0.05, 0.1) is 15.3 Å². The molecule has 2 fully saturated rings. The second-order valence-corrected chi connectivity index (χ2v) is 7.33. The number of thioether (sulfide) groups is 1. The van der Waals surface area contributed by atoms with Crippen molar-refractivity contribution in [3.63, 3.8) is 0 Å². The minimum absolute atomic E-state index is 0.120. The lowest BCUT2D eigenvalue weighted by molar-refractivity contribution is -0.124. The standard InChI is InChI=1S/C12H20N2OS2/c1-11(5-4-8-17-11)10(15)14-12(9(13)16)6-2-3-7-12/h2-8H2,1H3,(H2,13,16)(H,14,15). The summed E-state index contributed by atoms with van der Waals surface area (Å²) in [6, 6.07) is 0. The van der Waals surface area contributed by atoms with Crippen LogP contribution in [0.2, 0.25) is 0 Å². The number of amides is 1. The topological polar surface area (TPSA) is 55.1 Å². The molecule has 0 aromatic rings. The van der Waals surface area contributed by atoms with E-state index in [0.717, 1.165) is 44.3 Å². The number of thiocarbonyl (C=S) groups is 1. The monoisotopic (exact) mass is 272 g/mol. The molecule has 1 saturated heterocycles. The van der Waals surface area contributed by atoms with Crippen LogP contribution in [-0.4, -0.2) is 26.9 Å². The molecule has 0 radical (unpaired) electrons. The van der Waals surface area contributed by atoms with Gasteiger partial charge in [0.25, 0.3) is 0 Å². The van der Waals surface area contributed by atoms with Crippen LogP contribution in [0.15, 0.2) is 0 Å². The van der Waals surface area contributed by atoms with Crippen molar-refractivity contribution < 1.29 is 4.79 Å². The quantitative estimate of drug-likeness (QED) is 0.772. The minimum atomic E-state index is -0.404. The summed E-state index contributed by atoms with van der Waals surface area (Å²) in [5.74, 6) is 1.19. The van der Waals surface area contributed by atoms with Gasteiger partial charge in [0, 0.05) is 0 Å². The highest BCUT2D eigenvalue weighted by molar-refractivity contribution is 8.01. The van der Waals surface area contributed by atoms with E-state index in [9.17, 15) is 4.79 Å². The van der Waals surface area contributed by atoms with E-state index >= 15 is 0 Å². The fourth-order valence-corrected chi connectivity index (χ4v) is 4.18. The molecule has 0 spiro atoms. The highest BCUT2D eigenvalue weighted by Gasteiger charge is 2.44. The molecule has 0 aromatic heterocycles. The van der Waals surface area contributed by atoms with E-state index in [1.165, 1.54) is 0 Å². The molecule has 17 heavy (non-hydrogen) atoms. The van der Waals surface area contributed by atoms with Crippen LogP contribution in [0.25, 0.3) is 0 Å². The molecule has 0 bridgehead atoms. The van der Waals surface area contributed by atoms with Gasteiger partial charge in [0.15, 0.2) is 0 Å². The number of hydrogen-bond acceptors (Lipinski definition) is 3. The summed E-state index contributed by atoms with van der Waals surface area (Å²) in [4.78, 5) is 12.8. The van der Waals surface area contributed by atoms with Crippen molar-refractivity contribution in [2.75, 3.05) is 5.75 Å². The molecule has 2 aliphatic rings. The zero-order chi connectivity index (χ0) is 12.5. The van der Waals surface area contributed by atoms with Crippen LogP contribution in [0, 0.1) is 0 Å². The molecule has 1 aliphatic heterocycles. The smallest absolute Gasteiger partial charge is 0.236 e. The van der Waals surface area contributed by atoms with Crippen LogP contribution < -0.4 is 11.1 Å². The highest BCUT2D eigenvalue weighted by atomic mass is 32.2. The Kier molecular flexibility index (Phi) is 3.69. The fourth-order valence-electron chi connectivity index (χ4n) is 2.72. The van der Waals surface area contributed by atoms with Crippen LogP contribution in [0.3, 0.4) is 0 Å². The predicted molar refractivity (Wildman–Crippen MR) is 76.2 cm³/mol. The van der Waals surface area contributed by atoms with Crippen LogP contribution >= 0.6 is 24.0 Å². The number of hydrogen-bond donors (Lipinski definition) is 2. The molecule has 3 nitrogen and oxygen atoms in total. The Bertz CT molecular complexity index is 331. The van der Waals surface area contributed by atoms with Crippen molar-refractivity contribution in [1.82, 2.24) is 5.32 Å². The molecule has 0 aromatic carbocycles. The van der Waals surface area contributed by atoms with Gasteiger partial charge in [0.2, 0.25) is 5.91 Å². The minimum Gasteiger partial charge on any atom is -0.391 e. The van der Waals surface area contributed by atoms with Crippen molar-refractivity contribution in [3.8, 4) is 0 Å². The maximum absolute atomic E-state index is 12.4. The Morgan fingerprint density at radius 3 is 2.41 bits per heavy atom. The first kappa shape index (κ1) is 13.1. The van der Waals surface area contributed by atoms with Gasteiger partial charge >= 0.3 is 0 Å². The Morgan fingerprint density at radius 2 is 1.94 bits per heavy atom. The van der Waals surface area contributed by atoms with E-state index in [-0.39, 0.29) is 10.7 Å². The van der Waals surface area contributed by atoms with Crippen LogP contribution in [0.1, 0.15) is 45.4 Å². The lowest BCUT2D eigenvalue weighted by Gasteiger charge is -2.33. The van der Waals surface area contributed by atoms with Crippen molar-refractivity contribution in [3.05, 3.63) is 0 Å².